The van der Waals surface area contributed by atoms with Gasteiger partial charge in [-0.2, -0.15) is 0 Å². The van der Waals surface area contributed by atoms with Gasteiger partial charge in [0.2, 0.25) is 0 Å². The van der Waals surface area contributed by atoms with E-state index in [1.54, 1.807) is 0 Å². The molecule has 1 fully saturated rings. The van der Waals surface area contributed by atoms with Gasteiger partial charge in [-0.15, -0.1) is 11.8 Å². The number of hydrogen-bond acceptors (Lipinski definition) is 4. The maximum absolute atomic E-state index is 5.98. The van der Waals surface area contributed by atoms with E-state index in [2.05, 4.69) is 0 Å². The van der Waals surface area contributed by atoms with E-state index in [9.17, 15) is 0 Å². The number of ether oxygens (including phenoxy) is 1. The zero-order valence-corrected chi connectivity index (χ0v) is 9.92. The topological polar surface area (TPSA) is 48.4 Å². The van der Waals surface area contributed by atoms with Crippen LogP contribution in [0.5, 0.6) is 0 Å². The van der Waals surface area contributed by atoms with Crippen molar-refractivity contribution in [2.24, 2.45) is 5.73 Å². The van der Waals surface area contributed by atoms with E-state index in [0.29, 0.717) is 5.25 Å². The van der Waals surface area contributed by atoms with Crippen LogP contribution in [0, 0.1) is 6.92 Å². The Morgan fingerprint density at radius 3 is 2.60 bits per heavy atom. The molecule has 0 aromatic carbocycles. The van der Waals surface area contributed by atoms with E-state index in [1.165, 1.54) is 0 Å². The molecule has 4 heteroatoms. The second-order valence-corrected chi connectivity index (χ2v) is 5.47. The molecule has 0 radical (unpaired) electrons. The van der Waals surface area contributed by atoms with Gasteiger partial charge in [0.05, 0.1) is 23.7 Å². The van der Waals surface area contributed by atoms with Gasteiger partial charge in [-0.1, -0.05) is 0 Å². The van der Waals surface area contributed by atoms with E-state index >= 15 is 0 Å². The van der Waals surface area contributed by atoms with Crippen LogP contribution in [0.2, 0.25) is 0 Å². The van der Waals surface area contributed by atoms with Crippen LogP contribution in [0.4, 0.5) is 0 Å². The van der Waals surface area contributed by atoms with Crippen molar-refractivity contribution in [1.29, 1.82) is 0 Å². The molecule has 2 heterocycles. The maximum atomic E-state index is 5.98. The summed E-state index contributed by atoms with van der Waals surface area (Å²) < 4.78 is 10.8. The van der Waals surface area contributed by atoms with Crippen molar-refractivity contribution in [2.75, 3.05) is 13.2 Å². The average Bonchev–Trinajstić information content (AvgIpc) is 2.49. The zero-order chi connectivity index (χ0) is 10.8. The Balaban J connectivity index is 2.04. The predicted molar refractivity (Wildman–Crippen MR) is 62.0 cm³/mol. The van der Waals surface area contributed by atoms with Gasteiger partial charge in [0.15, 0.2) is 0 Å². The van der Waals surface area contributed by atoms with Crippen molar-refractivity contribution in [3.05, 3.63) is 23.7 Å². The summed E-state index contributed by atoms with van der Waals surface area (Å²) in [5.74, 6) is 1.93. The first-order valence-electron chi connectivity index (χ1n) is 5.22. The molecule has 2 N–H and O–H groups in total. The van der Waals surface area contributed by atoms with Crippen molar-refractivity contribution in [1.82, 2.24) is 0 Å². The Labute approximate surface area is 94.4 Å². The second-order valence-electron chi connectivity index (χ2n) is 4.02. The van der Waals surface area contributed by atoms with Crippen molar-refractivity contribution in [2.45, 2.75) is 30.4 Å². The van der Waals surface area contributed by atoms with Crippen LogP contribution in [-0.4, -0.2) is 24.5 Å². The standard InChI is InChI=1S/C11H17NO2S/c1-7-3-4-10(14-7)11(8(2)12)15-9-5-13-6-9/h3-4,8-9,11H,5-6,12H2,1-2H3. The summed E-state index contributed by atoms with van der Waals surface area (Å²) in [6, 6.07) is 4.11. The van der Waals surface area contributed by atoms with Crippen LogP contribution < -0.4 is 5.73 Å². The summed E-state index contributed by atoms with van der Waals surface area (Å²) in [6.45, 7) is 5.66. The highest BCUT2D eigenvalue weighted by atomic mass is 32.2. The molecule has 2 unspecified atom stereocenters. The first kappa shape index (κ1) is 11.0. The van der Waals surface area contributed by atoms with Crippen molar-refractivity contribution >= 4 is 11.8 Å². The normalized spacial score (nSPS) is 21.0. The highest BCUT2D eigenvalue weighted by Gasteiger charge is 2.28. The van der Waals surface area contributed by atoms with E-state index in [0.717, 1.165) is 24.7 Å². The van der Waals surface area contributed by atoms with Gasteiger partial charge in [-0.25, -0.2) is 0 Å². The lowest BCUT2D eigenvalue weighted by atomic mass is 10.2. The molecule has 2 atom stereocenters. The van der Waals surface area contributed by atoms with Crippen LogP contribution in [0.1, 0.15) is 23.7 Å². The third kappa shape index (κ3) is 2.56. The van der Waals surface area contributed by atoms with Gasteiger partial charge < -0.3 is 14.9 Å². The summed E-state index contributed by atoms with van der Waals surface area (Å²) >= 11 is 1.86. The Hall–Kier alpha value is -0.450. The minimum atomic E-state index is 0.0983. The SMILES string of the molecule is Cc1ccc(C(SC2COC2)C(C)N)o1. The molecule has 1 aliphatic heterocycles. The van der Waals surface area contributed by atoms with Crippen LogP contribution in [0.3, 0.4) is 0 Å². The Bertz CT molecular complexity index is 320. The van der Waals surface area contributed by atoms with Crippen LogP contribution >= 0.6 is 11.8 Å². The predicted octanol–water partition coefficient (Wildman–Crippen LogP) is 2.11. The third-order valence-corrected chi connectivity index (χ3v) is 4.08. The number of nitrogens with two attached hydrogens (primary N) is 1. The van der Waals surface area contributed by atoms with Crippen LogP contribution in [-0.2, 0) is 4.74 Å². The summed E-state index contributed by atoms with van der Waals surface area (Å²) in [7, 11) is 0. The van der Waals surface area contributed by atoms with Crippen molar-refractivity contribution < 1.29 is 9.15 Å². The number of aryl methyl sites for hydroxylation is 1. The molecule has 1 aliphatic rings. The van der Waals surface area contributed by atoms with Crippen LogP contribution in [0.25, 0.3) is 0 Å². The molecule has 3 nitrogen and oxygen atoms in total. The van der Waals surface area contributed by atoms with Crippen molar-refractivity contribution in [3.8, 4) is 0 Å². The molecule has 15 heavy (non-hydrogen) atoms. The first-order valence-corrected chi connectivity index (χ1v) is 6.16. The fraction of sp³-hybridized carbons (Fsp3) is 0.636. The van der Waals surface area contributed by atoms with Gasteiger partial charge in [-0.05, 0) is 26.0 Å². The minimum Gasteiger partial charge on any atom is -0.465 e. The van der Waals surface area contributed by atoms with E-state index in [-0.39, 0.29) is 11.3 Å². The lowest BCUT2D eigenvalue weighted by molar-refractivity contribution is 0.0452. The highest BCUT2D eigenvalue weighted by molar-refractivity contribution is 8.00. The molecule has 0 saturated carbocycles. The quantitative estimate of drug-likeness (QED) is 0.856. The van der Waals surface area contributed by atoms with Crippen LogP contribution in [0.15, 0.2) is 16.5 Å². The molecule has 0 amide bonds. The summed E-state index contributed by atoms with van der Waals surface area (Å²) in [4.78, 5) is 0. The molecule has 1 aromatic heterocycles. The molecular weight excluding hydrogens is 210 g/mol. The number of furan rings is 1. The van der Waals surface area contributed by atoms with Gasteiger partial charge in [0.1, 0.15) is 11.5 Å². The fourth-order valence-electron chi connectivity index (χ4n) is 1.56. The molecular formula is C11H17NO2S. The minimum absolute atomic E-state index is 0.0983. The highest BCUT2D eigenvalue weighted by Crippen LogP contribution is 2.37. The zero-order valence-electron chi connectivity index (χ0n) is 9.10. The number of hydrogen-bond donors (Lipinski definition) is 1. The van der Waals surface area contributed by atoms with E-state index in [1.807, 2.05) is 37.7 Å². The maximum Gasteiger partial charge on any atom is 0.118 e. The first-order chi connectivity index (χ1) is 7.16. The van der Waals surface area contributed by atoms with Gasteiger partial charge in [0, 0.05) is 6.04 Å². The van der Waals surface area contributed by atoms with Crippen molar-refractivity contribution in [3.63, 3.8) is 0 Å². The number of rotatable bonds is 4. The molecule has 0 bridgehead atoms. The average molecular weight is 227 g/mol. The molecule has 0 aliphatic carbocycles. The summed E-state index contributed by atoms with van der Waals surface area (Å²) in [5.41, 5.74) is 5.98. The molecule has 84 valence electrons. The molecule has 1 saturated heterocycles. The van der Waals surface area contributed by atoms with Gasteiger partial charge >= 0.3 is 0 Å². The molecule has 1 aromatic rings. The number of thioether (sulfide) groups is 1. The lowest BCUT2D eigenvalue weighted by Gasteiger charge is -2.30. The van der Waals surface area contributed by atoms with Gasteiger partial charge in [0.25, 0.3) is 0 Å². The Kier molecular flexibility index (Phi) is 3.38. The monoisotopic (exact) mass is 227 g/mol. The fourth-order valence-corrected chi connectivity index (χ4v) is 2.83. The largest absolute Gasteiger partial charge is 0.465 e. The smallest absolute Gasteiger partial charge is 0.118 e. The Morgan fingerprint density at radius 2 is 2.20 bits per heavy atom. The second kappa shape index (κ2) is 4.60. The van der Waals surface area contributed by atoms with Gasteiger partial charge in [-0.3, -0.25) is 0 Å². The summed E-state index contributed by atoms with van der Waals surface area (Å²) in [6.07, 6.45) is 0. The van der Waals surface area contributed by atoms with E-state index in [4.69, 9.17) is 14.9 Å². The molecule has 0 spiro atoms. The Morgan fingerprint density at radius 1 is 1.47 bits per heavy atom. The van der Waals surface area contributed by atoms with E-state index < -0.39 is 0 Å². The summed E-state index contributed by atoms with van der Waals surface area (Å²) in [5, 5.41) is 0.819. The lowest BCUT2D eigenvalue weighted by Crippen LogP contribution is -2.34. The third-order valence-electron chi connectivity index (χ3n) is 2.47. The molecule has 2 rings (SSSR count).